The lowest BCUT2D eigenvalue weighted by Crippen LogP contribution is -2.30. The Balaban J connectivity index is 1.24. The first-order valence-electron chi connectivity index (χ1n) is 11.6. The largest absolute Gasteiger partial charge is 0.351 e. The van der Waals surface area contributed by atoms with Crippen LogP contribution in [-0.4, -0.2) is 41.3 Å². The van der Waals surface area contributed by atoms with Gasteiger partial charge in [-0.15, -0.1) is 11.8 Å². The molecule has 0 saturated carbocycles. The molecule has 1 saturated heterocycles. The normalized spacial score (nSPS) is 15.5. The molecule has 0 bridgehead atoms. The third-order valence-electron chi connectivity index (χ3n) is 5.83. The minimum atomic E-state index is -0.0569. The highest BCUT2D eigenvalue weighted by Crippen LogP contribution is 2.38. The van der Waals surface area contributed by atoms with Crippen molar-refractivity contribution in [3.63, 3.8) is 0 Å². The highest BCUT2D eigenvalue weighted by Gasteiger charge is 2.32. The summed E-state index contributed by atoms with van der Waals surface area (Å²) in [7, 11) is 0. The van der Waals surface area contributed by atoms with Crippen molar-refractivity contribution in [2.24, 2.45) is 0 Å². The fourth-order valence-corrected chi connectivity index (χ4v) is 5.92. The number of hydrogen-bond donors (Lipinski definition) is 1. The summed E-state index contributed by atoms with van der Waals surface area (Å²) >= 11 is 3.47. The van der Waals surface area contributed by atoms with E-state index in [0.29, 0.717) is 24.4 Å². The van der Waals surface area contributed by atoms with Gasteiger partial charge in [0, 0.05) is 30.2 Å². The maximum absolute atomic E-state index is 12.5. The second-order valence-corrected chi connectivity index (χ2v) is 10.6. The second-order valence-electron chi connectivity index (χ2n) is 8.40. The molecule has 0 radical (unpaired) electrons. The zero-order chi connectivity index (χ0) is 23.8. The summed E-state index contributed by atoms with van der Waals surface area (Å²) in [5, 5.41) is 3.01. The van der Waals surface area contributed by atoms with Crippen LogP contribution in [0, 0.1) is 6.92 Å². The van der Waals surface area contributed by atoms with E-state index in [0.717, 1.165) is 23.5 Å². The quantitative estimate of drug-likeness (QED) is 0.383. The zero-order valence-corrected chi connectivity index (χ0v) is 21.0. The van der Waals surface area contributed by atoms with Crippen molar-refractivity contribution in [2.75, 3.05) is 24.6 Å². The average Bonchev–Trinajstić information content (AvgIpc) is 3.24. The van der Waals surface area contributed by atoms with Crippen LogP contribution in [0.25, 0.3) is 0 Å². The zero-order valence-electron chi connectivity index (χ0n) is 19.4. The van der Waals surface area contributed by atoms with E-state index in [1.807, 2.05) is 59.1 Å². The molecule has 1 aliphatic rings. The van der Waals surface area contributed by atoms with Gasteiger partial charge in [-0.25, -0.2) is 0 Å². The Kier molecular flexibility index (Phi) is 8.72. The predicted octanol–water partition coefficient (Wildman–Crippen LogP) is 5.47. The molecule has 0 spiro atoms. The predicted molar refractivity (Wildman–Crippen MR) is 143 cm³/mol. The molecule has 0 aromatic heterocycles. The first-order chi connectivity index (χ1) is 16.6. The number of carbonyl (C=O) groups excluding carboxylic acids is 2. The molecule has 34 heavy (non-hydrogen) atoms. The number of benzene rings is 3. The molecule has 176 valence electrons. The van der Waals surface area contributed by atoms with Crippen LogP contribution in [-0.2, 0) is 17.0 Å². The maximum atomic E-state index is 12.5. The van der Waals surface area contributed by atoms with Crippen molar-refractivity contribution >= 4 is 35.3 Å². The minimum Gasteiger partial charge on any atom is -0.351 e. The van der Waals surface area contributed by atoms with Gasteiger partial charge in [0.25, 0.3) is 5.91 Å². The Hall–Kier alpha value is -2.70. The summed E-state index contributed by atoms with van der Waals surface area (Å²) in [6.07, 6.45) is 0.839. The van der Waals surface area contributed by atoms with Crippen molar-refractivity contribution in [3.05, 3.63) is 107 Å². The van der Waals surface area contributed by atoms with Crippen molar-refractivity contribution in [1.29, 1.82) is 0 Å². The van der Waals surface area contributed by atoms with Gasteiger partial charge in [-0.1, -0.05) is 72.3 Å². The van der Waals surface area contributed by atoms with Crippen LogP contribution in [0.1, 0.15) is 38.0 Å². The van der Waals surface area contributed by atoms with E-state index in [4.69, 9.17) is 0 Å². The lowest BCUT2D eigenvalue weighted by molar-refractivity contribution is -0.128. The Morgan fingerprint density at radius 2 is 1.74 bits per heavy atom. The van der Waals surface area contributed by atoms with Gasteiger partial charge in [0.2, 0.25) is 5.91 Å². The fourth-order valence-electron chi connectivity index (χ4n) is 3.88. The molecular formula is C28H30N2O2S2. The first kappa shape index (κ1) is 24.4. The van der Waals surface area contributed by atoms with Crippen molar-refractivity contribution in [1.82, 2.24) is 10.2 Å². The molecule has 1 atom stereocenters. The average molecular weight is 491 g/mol. The number of nitrogens with zero attached hydrogens (tertiary/aromatic N) is 1. The van der Waals surface area contributed by atoms with Crippen molar-refractivity contribution in [2.45, 2.75) is 24.5 Å². The molecule has 1 heterocycles. The fraction of sp³-hybridized carbons (Fsp3) is 0.286. The Morgan fingerprint density at radius 1 is 1.00 bits per heavy atom. The lowest BCUT2D eigenvalue weighted by Gasteiger charge is -2.24. The third-order valence-corrected chi connectivity index (χ3v) is 8.12. The number of aryl methyl sites for hydroxylation is 1. The van der Waals surface area contributed by atoms with Gasteiger partial charge in [0.15, 0.2) is 0 Å². The molecule has 1 fully saturated rings. The van der Waals surface area contributed by atoms with Crippen molar-refractivity contribution < 1.29 is 9.59 Å². The summed E-state index contributed by atoms with van der Waals surface area (Å²) in [6.45, 7) is 3.42. The Labute approximate surface area is 210 Å². The number of amides is 2. The maximum Gasteiger partial charge on any atom is 0.251 e. The van der Waals surface area contributed by atoms with E-state index in [1.165, 1.54) is 16.7 Å². The number of rotatable bonds is 10. The number of hydrogen-bond acceptors (Lipinski definition) is 4. The molecular weight excluding hydrogens is 460 g/mol. The summed E-state index contributed by atoms with van der Waals surface area (Å²) < 4.78 is 0. The molecule has 3 aromatic carbocycles. The van der Waals surface area contributed by atoms with Gasteiger partial charge in [0.1, 0.15) is 5.37 Å². The third kappa shape index (κ3) is 6.67. The number of thioether (sulfide) groups is 2. The van der Waals surface area contributed by atoms with Gasteiger partial charge < -0.3 is 10.2 Å². The van der Waals surface area contributed by atoms with Crippen LogP contribution in [0.15, 0.2) is 78.9 Å². The molecule has 1 N–H and O–H groups in total. The topological polar surface area (TPSA) is 49.4 Å². The summed E-state index contributed by atoms with van der Waals surface area (Å²) in [4.78, 5) is 27.0. The highest BCUT2D eigenvalue weighted by atomic mass is 32.2. The molecule has 0 aliphatic carbocycles. The molecule has 6 heteroatoms. The van der Waals surface area contributed by atoms with Crippen LogP contribution in [0.5, 0.6) is 0 Å². The first-order valence-corrected chi connectivity index (χ1v) is 13.8. The van der Waals surface area contributed by atoms with E-state index in [-0.39, 0.29) is 17.2 Å². The summed E-state index contributed by atoms with van der Waals surface area (Å²) in [5.41, 5.74) is 5.52. The smallest absolute Gasteiger partial charge is 0.251 e. The highest BCUT2D eigenvalue weighted by molar-refractivity contribution is 8.00. The lowest BCUT2D eigenvalue weighted by atomic mass is 10.1. The van der Waals surface area contributed by atoms with E-state index in [2.05, 4.69) is 48.6 Å². The number of carbonyl (C=O) groups is 2. The van der Waals surface area contributed by atoms with Gasteiger partial charge in [-0.05, 0) is 42.2 Å². The summed E-state index contributed by atoms with van der Waals surface area (Å²) in [6, 6.07) is 26.5. The van der Waals surface area contributed by atoms with E-state index in [1.54, 1.807) is 11.8 Å². The molecule has 4 nitrogen and oxygen atoms in total. The van der Waals surface area contributed by atoms with E-state index in [9.17, 15) is 9.59 Å². The van der Waals surface area contributed by atoms with Crippen LogP contribution in [0.3, 0.4) is 0 Å². The van der Waals surface area contributed by atoms with Crippen molar-refractivity contribution in [3.8, 4) is 0 Å². The SMILES string of the molecule is Cc1ccc(CSCCNC(=O)c2ccc(C3SCC(=O)N3CCc3ccccc3)cc2)cc1. The van der Waals surface area contributed by atoms with Crippen LogP contribution >= 0.6 is 23.5 Å². The second kappa shape index (κ2) is 12.1. The van der Waals surface area contributed by atoms with E-state index < -0.39 is 0 Å². The monoisotopic (exact) mass is 490 g/mol. The summed E-state index contributed by atoms with van der Waals surface area (Å²) in [5.74, 6) is 2.44. The molecule has 1 unspecified atom stereocenters. The molecule has 2 amide bonds. The van der Waals surface area contributed by atoms with E-state index >= 15 is 0 Å². The van der Waals surface area contributed by atoms with Crippen LogP contribution in [0.4, 0.5) is 0 Å². The van der Waals surface area contributed by atoms with Gasteiger partial charge in [-0.3, -0.25) is 9.59 Å². The standard InChI is InChI=1S/C28H30N2O2S2/c1-21-7-9-23(10-8-21)19-33-18-16-29-27(32)24-11-13-25(14-12-24)28-30(26(31)20-34-28)17-15-22-5-3-2-4-6-22/h2-14,28H,15-20H2,1H3,(H,29,32). The van der Waals surface area contributed by atoms with Crippen LogP contribution in [0.2, 0.25) is 0 Å². The molecule has 4 rings (SSSR count). The number of nitrogens with one attached hydrogen (secondary N) is 1. The Morgan fingerprint density at radius 3 is 2.47 bits per heavy atom. The van der Waals surface area contributed by atoms with Gasteiger partial charge in [-0.2, -0.15) is 11.8 Å². The van der Waals surface area contributed by atoms with Crippen LogP contribution < -0.4 is 5.32 Å². The van der Waals surface area contributed by atoms with Gasteiger partial charge >= 0.3 is 0 Å². The minimum absolute atomic E-state index is 0.00602. The Bertz CT molecular complexity index is 1090. The molecule has 3 aromatic rings. The molecule has 1 aliphatic heterocycles. The van der Waals surface area contributed by atoms with Gasteiger partial charge in [0.05, 0.1) is 5.75 Å².